The zero-order valence-corrected chi connectivity index (χ0v) is 9.04. The van der Waals surface area contributed by atoms with E-state index in [1.807, 2.05) is 0 Å². The van der Waals surface area contributed by atoms with Gasteiger partial charge in [0.05, 0.1) is 10.8 Å². The maximum Gasteiger partial charge on any atom is 0.201 e. The highest BCUT2D eigenvalue weighted by molar-refractivity contribution is 5.93. The first-order valence-electron chi connectivity index (χ1n) is 5.18. The number of hydrogen-bond donors (Lipinski definition) is 3. The second kappa shape index (κ2) is 3.40. The normalized spacial score (nSPS) is 11.1. The maximum absolute atomic E-state index is 12.1. The molecule has 0 atom stereocenters. The van der Waals surface area contributed by atoms with Gasteiger partial charge in [0.15, 0.2) is 11.3 Å². The van der Waals surface area contributed by atoms with Crippen LogP contribution in [-0.2, 0) is 0 Å². The molecule has 0 fully saturated rings. The van der Waals surface area contributed by atoms with Crippen LogP contribution in [0.1, 0.15) is 0 Å². The number of aromatic hydroxyl groups is 3. The number of hydrogen-bond acceptors (Lipinski definition) is 5. The summed E-state index contributed by atoms with van der Waals surface area (Å²) in [6.45, 7) is 0. The Morgan fingerprint density at radius 3 is 2.44 bits per heavy atom. The largest absolute Gasteiger partial charge is 0.508 e. The van der Waals surface area contributed by atoms with Crippen LogP contribution in [0.15, 0.2) is 39.5 Å². The molecule has 0 radical (unpaired) electrons. The predicted octanol–water partition coefficient (Wildman–Crippen LogP) is 2.06. The van der Waals surface area contributed by atoms with Gasteiger partial charge in [0.1, 0.15) is 11.3 Å². The molecule has 0 bridgehead atoms. The molecular formula is C13H8O5. The highest BCUT2D eigenvalue weighted by Gasteiger charge is 2.13. The van der Waals surface area contributed by atoms with Crippen molar-refractivity contribution in [3.05, 3.63) is 40.6 Å². The Bertz CT molecular complexity index is 832. The topological polar surface area (TPSA) is 90.9 Å². The fourth-order valence-electron chi connectivity index (χ4n) is 1.88. The van der Waals surface area contributed by atoms with Crippen molar-refractivity contribution in [3.8, 4) is 17.2 Å². The van der Waals surface area contributed by atoms with Gasteiger partial charge in [-0.3, -0.25) is 4.79 Å². The molecule has 0 saturated heterocycles. The summed E-state index contributed by atoms with van der Waals surface area (Å²) in [5.41, 5.74) is -0.284. The van der Waals surface area contributed by atoms with Crippen molar-refractivity contribution in [2.24, 2.45) is 0 Å². The number of fused-ring (bicyclic) bond motifs is 2. The smallest absolute Gasteiger partial charge is 0.201 e. The molecule has 0 unspecified atom stereocenters. The van der Waals surface area contributed by atoms with Crippen molar-refractivity contribution < 1.29 is 19.7 Å². The first kappa shape index (κ1) is 10.5. The van der Waals surface area contributed by atoms with E-state index in [1.54, 1.807) is 0 Å². The molecule has 18 heavy (non-hydrogen) atoms. The van der Waals surface area contributed by atoms with Gasteiger partial charge in [0.2, 0.25) is 11.2 Å². The summed E-state index contributed by atoms with van der Waals surface area (Å²) < 4.78 is 5.35. The molecule has 0 aliphatic rings. The summed E-state index contributed by atoms with van der Waals surface area (Å²) in [6.07, 6.45) is 0. The molecule has 2 aromatic carbocycles. The minimum atomic E-state index is -0.491. The van der Waals surface area contributed by atoms with Gasteiger partial charge in [-0.25, -0.2) is 0 Å². The predicted molar refractivity (Wildman–Crippen MR) is 65.0 cm³/mol. The third-order valence-corrected chi connectivity index (χ3v) is 2.78. The van der Waals surface area contributed by atoms with Crippen molar-refractivity contribution in [3.63, 3.8) is 0 Å². The minimum Gasteiger partial charge on any atom is -0.508 e. The second-order valence-electron chi connectivity index (χ2n) is 3.92. The van der Waals surface area contributed by atoms with E-state index in [0.717, 1.165) is 0 Å². The molecule has 0 aliphatic heterocycles. The van der Waals surface area contributed by atoms with Crippen LogP contribution in [0.2, 0.25) is 0 Å². The fraction of sp³-hybridized carbons (Fsp3) is 0. The van der Waals surface area contributed by atoms with Gasteiger partial charge >= 0.3 is 0 Å². The summed E-state index contributed by atoms with van der Waals surface area (Å²) in [5.74, 6) is -0.912. The molecule has 3 N–H and O–H groups in total. The fourth-order valence-corrected chi connectivity index (χ4v) is 1.88. The molecule has 0 saturated carbocycles. The Hall–Kier alpha value is -2.69. The molecule has 5 nitrogen and oxygen atoms in total. The summed E-state index contributed by atoms with van der Waals surface area (Å²) >= 11 is 0. The number of phenolic OH excluding ortho intramolecular Hbond substituents is 3. The number of phenols is 3. The first-order valence-corrected chi connectivity index (χ1v) is 5.18. The lowest BCUT2D eigenvalue weighted by Gasteiger charge is -2.04. The Labute approximate surface area is 100 Å². The van der Waals surface area contributed by atoms with E-state index < -0.39 is 5.75 Å². The molecule has 0 amide bonds. The van der Waals surface area contributed by atoms with Gasteiger partial charge in [-0.05, 0) is 24.3 Å². The highest BCUT2D eigenvalue weighted by atomic mass is 16.4. The van der Waals surface area contributed by atoms with Crippen LogP contribution in [0, 0.1) is 0 Å². The molecular weight excluding hydrogens is 236 g/mol. The Kier molecular flexibility index (Phi) is 1.98. The zero-order valence-electron chi connectivity index (χ0n) is 9.04. The van der Waals surface area contributed by atoms with Crippen molar-refractivity contribution >= 4 is 21.9 Å². The highest BCUT2D eigenvalue weighted by Crippen LogP contribution is 2.34. The van der Waals surface area contributed by atoms with Gasteiger partial charge < -0.3 is 19.7 Å². The van der Waals surface area contributed by atoms with Crippen LogP contribution in [0.4, 0.5) is 0 Å². The SMILES string of the molecule is O=c1c2ccc(O)cc2oc2c(O)c(O)ccc12. The molecule has 3 aromatic rings. The van der Waals surface area contributed by atoms with E-state index in [-0.39, 0.29) is 33.5 Å². The van der Waals surface area contributed by atoms with Crippen molar-refractivity contribution in [1.29, 1.82) is 0 Å². The summed E-state index contributed by atoms with van der Waals surface area (Å²) in [6, 6.07) is 6.70. The number of rotatable bonds is 0. The van der Waals surface area contributed by atoms with E-state index in [1.165, 1.54) is 30.3 Å². The average molecular weight is 244 g/mol. The van der Waals surface area contributed by atoms with E-state index in [4.69, 9.17) is 4.42 Å². The van der Waals surface area contributed by atoms with Crippen LogP contribution >= 0.6 is 0 Å². The average Bonchev–Trinajstić information content (AvgIpc) is 2.34. The van der Waals surface area contributed by atoms with Crippen LogP contribution in [0.25, 0.3) is 21.9 Å². The molecule has 0 spiro atoms. The van der Waals surface area contributed by atoms with Gasteiger partial charge in [-0.1, -0.05) is 0 Å². The van der Waals surface area contributed by atoms with Gasteiger partial charge in [-0.2, -0.15) is 0 Å². The van der Waals surface area contributed by atoms with Gasteiger partial charge in [0, 0.05) is 6.07 Å². The summed E-state index contributed by atoms with van der Waals surface area (Å²) in [7, 11) is 0. The minimum absolute atomic E-state index is 0.0513. The number of benzene rings is 2. The standard InChI is InChI=1S/C13H8O5/c14-6-1-2-7-10(5-6)18-13-8(11(7)16)3-4-9(15)12(13)17/h1-5,14-15,17H. The lowest BCUT2D eigenvalue weighted by Crippen LogP contribution is -2.01. The van der Waals surface area contributed by atoms with Crippen molar-refractivity contribution in [1.82, 2.24) is 0 Å². The lowest BCUT2D eigenvalue weighted by atomic mass is 10.1. The Morgan fingerprint density at radius 2 is 1.67 bits per heavy atom. The lowest BCUT2D eigenvalue weighted by molar-refractivity contribution is 0.401. The first-order chi connectivity index (χ1) is 8.58. The third-order valence-electron chi connectivity index (χ3n) is 2.78. The molecule has 1 aromatic heterocycles. The van der Waals surface area contributed by atoms with Crippen molar-refractivity contribution in [2.75, 3.05) is 0 Å². The van der Waals surface area contributed by atoms with Crippen LogP contribution in [-0.4, -0.2) is 15.3 Å². The van der Waals surface area contributed by atoms with E-state index in [9.17, 15) is 20.1 Å². The Balaban J connectivity index is 2.61. The zero-order chi connectivity index (χ0) is 12.9. The summed E-state index contributed by atoms with van der Waals surface area (Å²) in [4.78, 5) is 12.1. The molecule has 90 valence electrons. The summed E-state index contributed by atoms with van der Waals surface area (Å²) in [5, 5.41) is 28.8. The van der Waals surface area contributed by atoms with Gasteiger partial charge in [0.25, 0.3) is 0 Å². The maximum atomic E-state index is 12.1. The van der Waals surface area contributed by atoms with Gasteiger partial charge in [-0.15, -0.1) is 0 Å². The molecule has 5 heteroatoms. The monoisotopic (exact) mass is 244 g/mol. The molecule has 3 rings (SSSR count). The third kappa shape index (κ3) is 1.31. The Morgan fingerprint density at radius 1 is 0.944 bits per heavy atom. The molecule has 1 heterocycles. The quantitative estimate of drug-likeness (QED) is 0.416. The second-order valence-corrected chi connectivity index (χ2v) is 3.92. The van der Waals surface area contributed by atoms with Crippen molar-refractivity contribution in [2.45, 2.75) is 0 Å². The van der Waals surface area contributed by atoms with Crippen LogP contribution < -0.4 is 5.43 Å². The van der Waals surface area contributed by atoms with E-state index >= 15 is 0 Å². The molecule has 0 aliphatic carbocycles. The van der Waals surface area contributed by atoms with Crippen LogP contribution in [0.5, 0.6) is 17.2 Å². The van der Waals surface area contributed by atoms with Crippen LogP contribution in [0.3, 0.4) is 0 Å². The van der Waals surface area contributed by atoms with E-state index in [0.29, 0.717) is 5.39 Å². The van der Waals surface area contributed by atoms with E-state index in [2.05, 4.69) is 0 Å².